The first-order valence-corrected chi connectivity index (χ1v) is 8.02. The van der Waals surface area contributed by atoms with Gasteiger partial charge in [-0.05, 0) is 48.4 Å². The van der Waals surface area contributed by atoms with Crippen molar-refractivity contribution in [2.75, 3.05) is 13.2 Å². The second-order valence-corrected chi connectivity index (χ2v) is 6.36. The minimum Gasteiger partial charge on any atom is -0.494 e. The molecule has 106 valence electrons. The molecule has 0 aliphatic rings. The largest absolute Gasteiger partial charge is 0.494 e. The van der Waals surface area contributed by atoms with Gasteiger partial charge in [-0.3, -0.25) is 0 Å². The summed E-state index contributed by atoms with van der Waals surface area (Å²) in [6.45, 7) is 0.708. The first-order valence-electron chi connectivity index (χ1n) is 6.43. The highest BCUT2D eigenvalue weighted by atomic mass is 79.9. The Labute approximate surface area is 136 Å². The average Bonchev–Trinajstić information content (AvgIpc) is 2.45. The number of hydrogen-bond donors (Lipinski definition) is 1. The summed E-state index contributed by atoms with van der Waals surface area (Å²) in [6.07, 6.45) is 0.781. The topological polar surface area (TPSA) is 29.5 Å². The maximum absolute atomic E-state index is 9.53. The molecule has 1 N–H and O–H groups in total. The lowest BCUT2D eigenvalue weighted by Crippen LogP contribution is -2.09. The standard InChI is InChI=1S/C16H16Br2O2/c17-14-4-6-16(7-5-14)20-9-8-13(11-19)12-2-1-3-15(18)10-12/h1-7,10,13,19H,8-9,11H2. The van der Waals surface area contributed by atoms with Crippen LogP contribution in [0.5, 0.6) is 5.75 Å². The minimum absolute atomic E-state index is 0.1000. The van der Waals surface area contributed by atoms with Crippen molar-refractivity contribution in [2.24, 2.45) is 0 Å². The summed E-state index contributed by atoms with van der Waals surface area (Å²) in [6, 6.07) is 15.8. The van der Waals surface area contributed by atoms with E-state index in [-0.39, 0.29) is 12.5 Å². The van der Waals surface area contributed by atoms with E-state index in [4.69, 9.17) is 4.74 Å². The van der Waals surface area contributed by atoms with Crippen molar-refractivity contribution in [2.45, 2.75) is 12.3 Å². The Hall–Kier alpha value is -0.840. The lowest BCUT2D eigenvalue weighted by atomic mass is 9.97. The molecule has 1 atom stereocenters. The zero-order valence-electron chi connectivity index (χ0n) is 10.9. The fourth-order valence-corrected chi connectivity index (χ4v) is 2.66. The lowest BCUT2D eigenvalue weighted by Gasteiger charge is -2.15. The van der Waals surface area contributed by atoms with Crippen LogP contribution in [0, 0.1) is 0 Å². The Morgan fingerprint density at radius 2 is 1.75 bits per heavy atom. The van der Waals surface area contributed by atoms with Gasteiger partial charge < -0.3 is 9.84 Å². The summed E-state index contributed by atoms with van der Waals surface area (Å²) >= 11 is 6.85. The van der Waals surface area contributed by atoms with Gasteiger partial charge >= 0.3 is 0 Å². The van der Waals surface area contributed by atoms with Crippen LogP contribution in [0.2, 0.25) is 0 Å². The fraction of sp³-hybridized carbons (Fsp3) is 0.250. The second-order valence-electron chi connectivity index (χ2n) is 4.53. The molecule has 4 heteroatoms. The number of hydrogen-bond acceptors (Lipinski definition) is 2. The number of benzene rings is 2. The van der Waals surface area contributed by atoms with E-state index >= 15 is 0 Å². The third-order valence-electron chi connectivity index (χ3n) is 3.09. The van der Waals surface area contributed by atoms with Crippen LogP contribution in [-0.4, -0.2) is 18.3 Å². The highest BCUT2D eigenvalue weighted by Crippen LogP contribution is 2.23. The smallest absolute Gasteiger partial charge is 0.119 e. The summed E-state index contributed by atoms with van der Waals surface area (Å²) in [7, 11) is 0. The summed E-state index contributed by atoms with van der Waals surface area (Å²) in [5, 5.41) is 9.53. The Kier molecular flexibility index (Phi) is 6.07. The molecular weight excluding hydrogens is 384 g/mol. The molecule has 0 saturated heterocycles. The second kappa shape index (κ2) is 7.81. The quantitative estimate of drug-likeness (QED) is 0.758. The third kappa shape index (κ3) is 4.62. The molecule has 0 aliphatic heterocycles. The molecule has 20 heavy (non-hydrogen) atoms. The predicted octanol–water partition coefficient (Wildman–Crippen LogP) is 4.76. The fourth-order valence-electron chi connectivity index (χ4n) is 1.97. The van der Waals surface area contributed by atoms with Gasteiger partial charge in [-0.25, -0.2) is 0 Å². The third-order valence-corrected chi connectivity index (χ3v) is 4.11. The van der Waals surface area contributed by atoms with E-state index in [0.29, 0.717) is 6.61 Å². The molecule has 0 aliphatic carbocycles. The zero-order chi connectivity index (χ0) is 14.4. The Bertz CT molecular complexity index is 540. The Morgan fingerprint density at radius 3 is 2.40 bits per heavy atom. The highest BCUT2D eigenvalue weighted by Gasteiger charge is 2.11. The van der Waals surface area contributed by atoms with Gasteiger partial charge in [0.05, 0.1) is 13.2 Å². The zero-order valence-corrected chi connectivity index (χ0v) is 14.1. The summed E-state index contributed by atoms with van der Waals surface area (Å²) in [4.78, 5) is 0. The maximum Gasteiger partial charge on any atom is 0.119 e. The van der Waals surface area contributed by atoms with E-state index in [0.717, 1.165) is 26.7 Å². The molecule has 0 radical (unpaired) electrons. The van der Waals surface area contributed by atoms with E-state index in [1.54, 1.807) is 0 Å². The van der Waals surface area contributed by atoms with Crippen molar-refractivity contribution in [3.8, 4) is 5.75 Å². The molecule has 0 amide bonds. The monoisotopic (exact) mass is 398 g/mol. The van der Waals surface area contributed by atoms with Gasteiger partial charge in [0.25, 0.3) is 0 Å². The van der Waals surface area contributed by atoms with Crippen LogP contribution in [0.25, 0.3) is 0 Å². The van der Waals surface area contributed by atoms with Crippen molar-refractivity contribution in [1.29, 1.82) is 0 Å². The Morgan fingerprint density at radius 1 is 1.00 bits per heavy atom. The number of aliphatic hydroxyl groups excluding tert-OH is 1. The number of halogens is 2. The first kappa shape index (κ1) is 15.5. The predicted molar refractivity (Wildman–Crippen MR) is 88.2 cm³/mol. The van der Waals surface area contributed by atoms with Crippen molar-refractivity contribution in [1.82, 2.24) is 0 Å². The number of aliphatic hydroxyl groups is 1. The van der Waals surface area contributed by atoms with Crippen molar-refractivity contribution in [3.63, 3.8) is 0 Å². The van der Waals surface area contributed by atoms with Gasteiger partial charge in [0, 0.05) is 14.9 Å². The lowest BCUT2D eigenvalue weighted by molar-refractivity contribution is 0.229. The van der Waals surface area contributed by atoms with Crippen LogP contribution in [0.15, 0.2) is 57.5 Å². The average molecular weight is 400 g/mol. The normalized spacial score (nSPS) is 12.2. The molecule has 2 aromatic rings. The van der Waals surface area contributed by atoms with Crippen molar-refractivity contribution in [3.05, 3.63) is 63.0 Å². The minimum atomic E-state index is 0.1000. The molecule has 0 spiro atoms. The first-order chi connectivity index (χ1) is 9.69. The van der Waals surface area contributed by atoms with Crippen LogP contribution >= 0.6 is 31.9 Å². The maximum atomic E-state index is 9.53. The highest BCUT2D eigenvalue weighted by molar-refractivity contribution is 9.10. The van der Waals surface area contributed by atoms with Crippen LogP contribution in [0.3, 0.4) is 0 Å². The molecule has 2 rings (SSSR count). The van der Waals surface area contributed by atoms with Crippen molar-refractivity contribution >= 4 is 31.9 Å². The van der Waals surface area contributed by atoms with Crippen LogP contribution < -0.4 is 4.74 Å². The van der Waals surface area contributed by atoms with Crippen molar-refractivity contribution < 1.29 is 9.84 Å². The SMILES string of the molecule is OCC(CCOc1ccc(Br)cc1)c1cccc(Br)c1. The number of rotatable bonds is 6. The molecule has 2 aromatic carbocycles. The van der Waals surface area contributed by atoms with Crippen LogP contribution in [0.1, 0.15) is 17.9 Å². The van der Waals surface area contributed by atoms with Gasteiger partial charge in [0.1, 0.15) is 5.75 Å². The van der Waals surface area contributed by atoms with E-state index in [1.165, 1.54) is 0 Å². The molecule has 0 fully saturated rings. The Balaban J connectivity index is 1.89. The summed E-state index contributed by atoms with van der Waals surface area (Å²) in [5.74, 6) is 0.946. The van der Waals surface area contributed by atoms with Gasteiger partial charge in [-0.1, -0.05) is 44.0 Å². The molecule has 0 bridgehead atoms. The van der Waals surface area contributed by atoms with Gasteiger partial charge in [0.15, 0.2) is 0 Å². The summed E-state index contributed by atoms with van der Waals surface area (Å²) < 4.78 is 7.77. The molecule has 0 saturated carbocycles. The summed E-state index contributed by atoms with van der Waals surface area (Å²) in [5.41, 5.74) is 1.13. The van der Waals surface area contributed by atoms with Crippen LogP contribution in [0.4, 0.5) is 0 Å². The molecule has 1 unspecified atom stereocenters. The van der Waals surface area contributed by atoms with E-state index < -0.39 is 0 Å². The molecular formula is C16H16Br2O2. The molecule has 2 nitrogen and oxygen atoms in total. The van der Waals surface area contributed by atoms with E-state index in [9.17, 15) is 5.11 Å². The van der Waals surface area contributed by atoms with Gasteiger partial charge in [0.2, 0.25) is 0 Å². The van der Waals surface area contributed by atoms with E-state index in [1.807, 2.05) is 48.5 Å². The van der Waals surface area contributed by atoms with Gasteiger partial charge in [-0.15, -0.1) is 0 Å². The van der Waals surface area contributed by atoms with E-state index in [2.05, 4.69) is 31.9 Å². The molecule has 0 aromatic heterocycles. The number of ether oxygens (including phenoxy) is 1. The van der Waals surface area contributed by atoms with Crippen LogP contribution in [-0.2, 0) is 0 Å². The molecule has 0 heterocycles. The van der Waals surface area contributed by atoms with Gasteiger partial charge in [-0.2, -0.15) is 0 Å².